The van der Waals surface area contributed by atoms with Crippen molar-refractivity contribution in [3.8, 4) is 11.3 Å². The number of pyridine rings is 1. The first kappa shape index (κ1) is 29.7. The molecule has 1 saturated heterocycles. The summed E-state index contributed by atoms with van der Waals surface area (Å²) in [5.41, 5.74) is 5.30. The molecule has 0 atom stereocenters. The summed E-state index contributed by atoms with van der Waals surface area (Å²) in [4.78, 5) is 30.0. The molecule has 0 radical (unpaired) electrons. The molecular formula is C33H45N4O3+. The lowest BCUT2D eigenvalue weighted by molar-refractivity contribution is -0.575. The third-order valence-corrected chi connectivity index (χ3v) is 7.55. The number of ketones is 1. The predicted molar refractivity (Wildman–Crippen MR) is 160 cm³/mol. The second kappa shape index (κ2) is 13.9. The van der Waals surface area contributed by atoms with Crippen molar-refractivity contribution in [3.63, 3.8) is 0 Å². The lowest BCUT2D eigenvalue weighted by Gasteiger charge is -2.25. The molecule has 2 aromatic heterocycles. The molecule has 0 spiro atoms. The van der Waals surface area contributed by atoms with Gasteiger partial charge < -0.3 is 9.64 Å². The fraction of sp³-hybridized carbons (Fsp3) is 0.485. The molecule has 1 fully saturated rings. The Bertz CT molecular complexity index is 1310. The van der Waals surface area contributed by atoms with Crippen LogP contribution in [0.15, 0.2) is 48.7 Å². The van der Waals surface area contributed by atoms with Crippen LogP contribution in [0.3, 0.4) is 0 Å². The second-order valence-corrected chi connectivity index (χ2v) is 11.7. The number of morpholine rings is 1. The van der Waals surface area contributed by atoms with Gasteiger partial charge in [-0.2, -0.15) is 5.10 Å². The van der Waals surface area contributed by atoms with Crippen LogP contribution in [0.5, 0.6) is 0 Å². The van der Waals surface area contributed by atoms with E-state index in [4.69, 9.17) is 4.74 Å². The van der Waals surface area contributed by atoms with Crippen LogP contribution >= 0.6 is 0 Å². The monoisotopic (exact) mass is 545 g/mol. The van der Waals surface area contributed by atoms with E-state index in [1.165, 1.54) is 0 Å². The van der Waals surface area contributed by atoms with Crippen molar-refractivity contribution in [1.29, 1.82) is 0 Å². The molecule has 3 aromatic rings. The van der Waals surface area contributed by atoms with Crippen molar-refractivity contribution < 1.29 is 18.8 Å². The molecule has 3 heterocycles. The molecule has 0 saturated carbocycles. The Morgan fingerprint density at radius 2 is 1.65 bits per heavy atom. The first-order chi connectivity index (χ1) is 19.2. The Morgan fingerprint density at radius 1 is 1.00 bits per heavy atom. The SMILES string of the molecule is CC(=O)c1ccc(-c2[nH][n+]3ccc(C(=O)N(CCC(C)C)CCC(C)C)cc3c2/C=C/CN2CCOCC2)cc1. The second-order valence-electron chi connectivity index (χ2n) is 11.7. The van der Waals surface area contributed by atoms with Crippen molar-refractivity contribution in [3.05, 3.63) is 65.4 Å². The van der Waals surface area contributed by atoms with Crippen LogP contribution in [-0.2, 0) is 4.74 Å². The lowest BCUT2D eigenvalue weighted by atomic mass is 10.0. The van der Waals surface area contributed by atoms with Gasteiger partial charge in [-0.25, -0.2) is 0 Å². The minimum absolute atomic E-state index is 0.0471. The zero-order valence-electron chi connectivity index (χ0n) is 24.8. The number of hydrogen-bond donors (Lipinski definition) is 1. The third kappa shape index (κ3) is 7.67. The number of nitrogens with one attached hydrogen (secondary N) is 1. The van der Waals surface area contributed by atoms with Crippen LogP contribution in [0.1, 0.15) is 73.7 Å². The summed E-state index contributed by atoms with van der Waals surface area (Å²) in [6.45, 7) is 16.1. The first-order valence-electron chi connectivity index (χ1n) is 14.7. The predicted octanol–water partition coefficient (Wildman–Crippen LogP) is 5.50. The van der Waals surface area contributed by atoms with Crippen molar-refractivity contribution in [2.75, 3.05) is 45.9 Å². The standard InChI is InChI=1S/C33H44N4O3/c1-24(2)12-16-36(17-13-25(3)4)33(39)29-14-18-37-31(23-29)30(7-6-15-35-19-21-40-22-20-35)32(34-37)28-10-8-27(9-11-28)26(5)38/h6-11,14,18,23-25H,12-13,15-17,19-22H2,1-5H3/p+1/b7-6+. The Kier molecular flexibility index (Phi) is 10.3. The molecule has 1 aliphatic heterocycles. The quantitative estimate of drug-likeness (QED) is 0.241. The smallest absolute Gasteiger partial charge is 0.254 e. The maximum atomic E-state index is 13.8. The highest BCUT2D eigenvalue weighted by molar-refractivity contribution is 5.96. The van der Waals surface area contributed by atoms with Crippen molar-refractivity contribution >= 4 is 23.3 Å². The number of amides is 1. The third-order valence-electron chi connectivity index (χ3n) is 7.55. The van der Waals surface area contributed by atoms with Gasteiger partial charge in [-0.3, -0.25) is 14.5 Å². The number of carbonyl (C=O) groups excluding carboxylic acids is 2. The molecule has 7 heteroatoms. The zero-order chi connectivity index (χ0) is 28.6. The van der Waals surface area contributed by atoms with Gasteiger partial charge in [-0.05, 0) is 37.7 Å². The molecule has 7 nitrogen and oxygen atoms in total. The topological polar surface area (TPSA) is 69.7 Å². The van der Waals surface area contributed by atoms with Gasteiger partial charge in [0, 0.05) is 56.0 Å². The van der Waals surface area contributed by atoms with Crippen molar-refractivity contribution in [2.24, 2.45) is 11.8 Å². The maximum Gasteiger partial charge on any atom is 0.254 e. The van der Waals surface area contributed by atoms with E-state index in [0.29, 0.717) is 23.0 Å². The fourth-order valence-electron chi connectivity index (χ4n) is 4.94. The molecule has 0 aliphatic carbocycles. The summed E-state index contributed by atoms with van der Waals surface area (Å²) in [7, 11) is 0. The Morgan fingerprint density at radius 3 is 2.25 bits per heavy atom. The molecule has 1 aromatic carbocycles. The van der Waals surface area contributed by atoms with Crippen LogP contribution in [0, 0.1) is 11.8 Å². The Labute approximate surface area is 238 Å². The average molecular weight is 546 g/mol. The van der Waals surface area contributed by atoms with Gasteiger partial charge in [0.25, 0.3) is 5.91 Å². The first-order valence-corrected chi connectivity index (χ1v) is 14.7. The summed E-state index contributed by atoms with van der Waals surface area (Å²) >= 11 is 0. The molecule has 1 aliphatic rings. The summed E-state index contributed by atoms with van der Waals surface area (Å²) < 4.78 is 7.47. The van der Waals surface area contributed by atoms with Gasteiger partial charge in [-0.15, -0.1) is 0 Å². The van der Waals surface area contributed by atoms with Gasteiger partial charge in [0.15, 0.2) is 5.78 Å². The number of nitrogens with zero attached hydrogens (tertiary/aromatic N) is 3. The molecule has 0 unspecified atom stereocenters. The van der Waals surface area contributed by atoms with Crippen LogP contribution in [-0.4, -0.2) is 72.5 Å². The largest absolute Gasteiger partial charge is 0.379 e. The van der Waals surface area contributed by atoms with E-state index in [-0.39, 0.29) is 11.7 Å². The van der Waals surface area contributed by atoms with Crippen molar-refractivity contribution in [2.45, 2.75) is 47.5 Å². The number of H-pyrrole nitrogens is 1. The number of aromatic amines is 1. The molecule has 1 amide bonds. The molecule has 0 bridgehead atoms. The average Bonchev–Trinajstić information content (AvgIpc) is 3.31. The van der Waals surface area contributed by atoms with E-state index in [2.05, 4.69) is 49.8 Å². The highest BCUT2D eigenvalue weighted by Crippen LogP contribution is 2.27. The van der Waals surface area contributed by atoms with E-state index in [1.54, 1.807) is 6.92 Å². The number of ether oxygens (including phenoxy) is 1. The van der Waals surface area contributed by atoms with E-state index in [0.717, 1.165) is 81.1 Å². The summed E-state index contributed by atoms with van der Waals surface area (Å²) in [6.07, 6.45) is 8.26. The number of rotatable bonds is 12. The molecule has 1 N–H and O–H groups in total. The van der Waals surface area contributed by atoms with Crippen LogP contribution < -0.4 is 4.52 Å². The van der Waals surface area contributed by atoms with E-state index < -0.39 is 0 Å². The number of hydrogen-bond acceptors (Lipinski definition) is 4. The van der Waals surface area contributed by atoms with E-state index in [1.807, 2.05) is 52.0 Å². The summed E-state index contributed by atoms with van der Waals surface area (Å²) in [5.74, 6) is 1.21. The van der Waals surface area contributed by atoms with Gasteiger partial charge >= 0.3 is 0 Å². The molecule has 40 heavy (non-hydrogen) atoms. The molecular weight excluding hydrogens is 500 g/mol. The molecule has 4 rings (SSSR count). The van der Waals surface area contributed by atoms with Crippen LogP contribution in [0.2, 0.25) is 0 Å². The number of aromatic nitrogens is 2. The van der Waals surface area contributed by atoms with Gasteiger partial charge in [0.05, 0.1) is 24.3 Å². The van der Waals surface area contributed by atoms with Crippen LogP contribution in [0.4, 0.5) is 0 Å². The summed E-state index contributed by atoms with van der Waals surface area (Å²) in [5, 5.41) is 3.52. The number of carbonyl (C=O) groups is 2. The van der Waals surface area contributed by atoms with Crippen molar-refractivity contribution in [1.82, 2.24) is 14.9 Å². The van der Waals surface area contributed by atoms with Gasteiger partial charge in [0.2, 0.25) is 11.7 Å². The summed E-state index contributed by atoms with van der Waals surface area (Å²) in [6, 6.07) is 11.6. The van der Waals surface area contributed by atoms with E-state index >= 15 is 0 Å². The highest BCUT2D eigenvalue weighted by Gasteiger charge is 2.23. The van der Waals surface area contributed by atoms with Gasteiger partial charge in [-0.1, -0.05) is 62.6 Å². The Hall–Kier alpha value is -3.29. The Balaban J connectivity index is 1.70. The fourth-order valence-corrected chi connectivity index (χ4v) is 4.94. The number of Topliss-reactive ketones (excluding diaryl/α,β-unsaturated/α-hetero) is 1. The lowest BCUT2D eigenvalue weighted by Crippen LogP contribution is -2.36. The van der Waals surface area contributed by atoms with Gasteiger partial charge in [0.1, 0.15) is 5.69 Å². The minimum atomic E-state index is 0.0471. The van der Waals surface area contributed by atoms with E-state index in [9.17, 15) is 9.59 Å². The number of fused-ring (bicyclic) bond motifs is 1. The highest BCUT2D eigenvalue weighted by atomic mass is 16.5. The zero-order valence-corrected chi connectivity index (χ0v) is 24.8. The molecule has 214 valence electrons. The van der Waals surface area contributed by atoms with Crippen LogP contribution in [0.25, 0.3) is 22.9 Å². The normalized spacial score (nSPS) is 14.6. The minimum Gasteiger partial charge on any atom is -0.379 e. The number of benzene rings is 1. The maximum absolute atomic E-state index is 13.8.